The van der Waals surface area contributed by atoms with Gasteiger partial charge in [-0.1, -0.05) is 17.4 Å². The molecule has 3 aromatic rings. The van der Waals surface area contributed by atoms with Crippen molar-refractivity contribution in [3.05, 3.63) is 47.0 Å². The van der Waals surface area contributed by atoms with E-state index in [1.54, 1.807) is 35.1 Å². The number of aromatic nitrogens is 3. The Balaban J connectivity index is 0.00000147. The highest BCUT2D eigenvalue weighted by atomic mass is 35.5. The first-order valence-electron chi connectivity index (χ1n) is 5.66. The molecule has 0 spiro atoms. The zero-order valence-corrected chi connectivity index (χ0v) is 15.2. The molecule has 0 aliphatic carbocycles. The van der Waals surface area contributed by atoms with Gasteiger partial charge in [0.25, 0.3) is 0 Å². The molecule has 0 radical (unpaired) electrons. The Labute approximate surface area is 154 Å². The molecule has 120 valence electrons. The summed E-state index contributed by atoms with van der Waals surface area (Å²) in [4.78, 5) is 13.8. The van der Waals surface area contributed by atoms with Crippen molar-refractivity contribution in [2.45, 2.75) is 6.54 Å². The third kappa shape index (κ3) is 5.94. The summed E-state index contributed by atoms with van der Waals surface area (Å²) in [6, 6.07) is 5.74. The minimum absolute atomic E-state index is 0. The van der Waals surface area contributed by atoms with Crippen LogP contribution in [0, 0.1) is 0 Å². The van der Waals surface area contributed by atoms with Crippen LogP contribution in [0.15, 0.2) is 42.2 Å². The SMILES string of the molecule is Cl.Cl.Cl.c1ccc(Nc2ncc(CNc3nccs3)s2)nc1. The first-order valence-corrected chi connectivity index (χ1v) is 7.36. The maximum Gasteiger partial charge on any atom is 0.188 e. The van der Waals surface area contributed by atoms with Gasteiger partial charge in [0.05, 0.1) is 6.54 Å². The molecule has 0 aliphatic rings. The second kappa shape index (κ2) is 10.6. The van der Waals surface area contributed by atoms with Crippen molar-refractivity contribution < 1.29 is 0 Å². The van der Waals surface area contributed by atoms with E-state index >= 15 is 0 Å². The van der Waals surface area contributed by atoms with Crippen molar-refractivity contribution >= 4 is 76.0 Å². The molecule has 2 N–H and O–H groups in total. The van der Waals surface area contributed by atoms with E-state index in [0.29, 0.717) is 0 Å². The highest BCUT2D eigenvalue weighted by molar-refractivity contribution is 7.15. The number of nitrogens with zero attached hydrogens (tertiary/aromatic N) is 3. The van der Waals surface area contributed by atoms with Crippen LogP contribution in [0.3, 0.4) is 0 Å². The highest BCUT2D eigenvalue weighted by Crippen LogP contribution is 2.22. The Morgan fingerprint density at radius 2 is 1.82 bits per heavy atom. The Bertz CT molecular complexity index is 633. The van der Waals surface area contributed by atoms with Gasteiger partial charge < -0.3 is 10.6 Å². The predicted molar refractivity (Wildman–Crippen MR) is 101 cm³/mol. The smallest absolute Gasteiger partial charge is 0.188 e. The van der Waals surface area contributed by atoms with E-state index < -0.39 is 0 Å². The molecule has 0 bridgehead atoms. The van der Waals surface area contributed by atoms with E-state index in [0.717, 1.165) is 27.5 Å². The lowest BCUT2D eigenvalue weighted by molar-refractivity contribution is 1.16. The summed E-state index contributed by atoms with van der Waals surface area (Å²) < 4.78 is 0. The normalized spacial score (nSPS) is 8.91. The number of pyridine rings is 1. The quantitative estimate of drug-likeness (QED) is 0.657. The van der Waals surface area contributed by atoms with Crippen LogP contribution in [0.25, 0.3) is 0 Å². The third-order valence-corrected chi connectivity index (χ3v) is 3.94. The number of thiazole rings is 2. The maximum atomic E-state index is 4.32. The molecule has 0 fully saturated rings. The number of hydrogen-bond donors (Lipinski definition) is 2. The molecule has 0 aromatic carbocycles. The Morgan fingerprint density at radius 1 is 0.955 bits per heavy atom. The van der Waals surface area contributed by atoms with Crippen LogP contribution in [-0.2, 0) is 6.54 Å². The lowest BCUT2D eigenvalue weighted by Crippen LogP contribution is -1.95. The lowest BCUT2D eigenvalue weighted by atomic mass is 10.5. The van der Waals surface area contributed by atoms with Crippen molar-refractivity contribution in [3.63, 3.8) is 0 Å². The average molecular weight is 399 g/mol. The molecule has 0 unspecified atom stereocenters. The van der Waals surface area contributed by atoms with Gasteiger partial charge in [-0.15, -0.1) is 48.6 Å². The summed E-state index contributed by atoms with van der Waals surface area (Å²) in [5.74, 6) is 0.802. The van der Waals surface area contributed by atoms with Gasteiger partial charge in [0, 0.05) is 28.8 Å². The van der Waals surface area contributed by atoms with Gasteiger partial charge in [-0.2, -0.15) is 0 Å². The minimum Gasteiger partial charge on any atom is -0.357 e. The number of rotatable bonds is 5. The maximum absolute atomic E-state index is 4.32. The van der Waals surface area contributed by atoms with Crippen LogP contribution in [0.4, 0.5) is 16.1 Å². The molecule has 22 heavy (non-hydrogen) atoms. The first-order chi connectivity index (χ1) is 9.40. The molecular formula is C12H14Cl3N5S2. The largest absolute Gasteiger partial charge is 0.357 e. The number of halogens is 3. The minimum atomic E-state index is 0. The van der Waals surface area contributed by atoms with Crippen molar-refractivity contribution in [1.29, 1.82) is 0 Å². The molecule has 0 aliphatic heterocycles. The fourth-order valence-electron chi connectivity index (χ4n) is 1.47. The van der Waals surface area contributed by atoms with Crippen LogP contribution >= 0.6 is 59.9 Å². The van der Waals surface area contributed by atoms with Crippen LogP contribution in [0.1, 0.15) is 4.88 Å². The van der Waals surface area contributed by atoms with Gasteiger partial charge in [-0.25, -0.2) is 15.0 Å². The van der Waals surface area contributed by atoms with Gasteiger partial charge in [-0.3, -0.25) is 0 Å². The van der Waals surface area contributed by atoms with Gasteiger partial charge in [0.15, 0.2) is 10.3 Å². The van der Waals surface area contributed by atoms with Gasteiger partial charge >= 0.3 is 0 Å². The molecule has 0 amide bonds. The molecule has 3 rings (SSSR count). The lowest BCUT2D eigenvalue weighted by Gasteiger charge is -2.00. The second-order valence-corrected chi connectivity index (χ2v) is 5.67. The summed E-state index contributed by atoms with van der Waals surface area (Å²) in [7, 11) is 0. The Morgan fingerprint density at radius 3 is 2.50 bits per heavy atom. The topological polar surface area (TPSA) is 62.7 Å². The summed E-state index contributed by atoms with van der Waals surface area (Å²) in [6.07, 6.45) is 5.39. The van der Waals surface area contributed by atoms with E-state index in [-0.39, 0.29) is 37.2 Å². The number of nitrogens with one attached hydrogen (secondary N) is 2. The van der Waals surface area contributed by atoms with E-state index in [2.05, 4.69) is 25.6 Å². The van der Waals surface area contributed by atoms with E-state index in [4.69, 9.17) is 0 Å². The van der Waals surface area contributed by atoms with Gasteiger partial charge in [0.1, 0.15) is 5.82 Å². The molecule has 5 nitrogen and oxygen atoms in total. The molecule has 10 heteroatoms. The van der Waals surface area contributed by atoms with Crippen molar-refractivity contribution in [2.75, 3.05) is 10.6 Å². The van der Waals surface area contributed by atoms with Gasteiger partial charge in [-0.05, 0) is 12.1 Å². The van der Waals surface area contributed by atoms with Crippen molar-refractivity contribution in [1.82, 2.24) is 15.0 Å². The molecule has 0 saturated heterocycles. The number of anilines is 3. The van der Waals surface area contributed by atoms with Crippen LogP contribution < -0.4 is 10.6 Å². The Kier molecular flexibility index (Phi) is 10.0. The van der Waals surface area contributed by atoms with E-state index in [1.165, 1.54) is 0 Å². The van der Waals surface area contributed by atoms with Crippen LogP contribution in [-0.4, -0.2) is 15.0 Å². The summed E-state index contributed by atoms with van der Waals surface area (Å²) in [5, 5.41) is 10.1. The van der Waals surface area contributed by atoms with Crippen molar-refractivity contribution in [2.24, 2.45) is 0 Å². The first kappa shape index (κ1) is 20.9. The van der Waals surface area contributed by atoms with Gasteiger partial charge in [0.2, 0.25) is 0 Å². The fraction of sp³-hybridized carbons (Fsp3) is 0.0833. The van der Waals surface area contributed by atoms with Crippen LogP contribution in [0.2, 0.25) is 0 Å². The predicted octanol–water partition coefficient (Wildman–Crippen LogP) is 4.62. The van der Waals surface area contributed by atoms with E-state index in [9.17, 15) is 0 Å². The van der Waals surface area contributed by atoms with E-state index in [1.807, 2.05) is 29.8 Å². The zero-order chi connectivity index (χ0) is 12.9. The zero-order valence-electron chi connectivity index (χ0n) is 11.1. The molecule has 3 heterocycles. The molecule has 3 aromatic heterocycles. The number of hydrogen-bond acceptors (Lipinski definition) is 7. The average Bonchev–Trinajstić information content (AvgIpc) is 3.09. The van der Waals surface area contributed by atoms with Crippen LogP contribution in [0.5, 0.6) is 0 Å². The monoisotopic (exact) mass is 397 g/mol. The standard InChI is InChI=1S/C12H11N5S2.3ClH/c1-2-4-13-10(3-1)17-12-16-8-9(19-12)7-15-11-14-5-6-18-11;;;/h1-6,8H,7H2,(H,14,15)(H,13,16,17);3*1H. The summed E-state index contributed by atoms with van der Waals surface area (Å²) >= 11 is 3.19. The molecule has 0 saturated carbocycles. The Hall–Kier alpha value is -1.12. The molecular weight excluding hydrogens is 385 g/mol. The summed E-state index contributed by atoms with van der Waals surface area (Å²) in [5.41, 5.74) is 0. The van der Waals surface area contributed by atoms with Crippen molar-refractivity contribution in [3.8, 4) is 0 Å². The summed E-state index contributed by atoms with van der Waals surface area (Å²) in [6.45, 7) is 0.731. The molecule has 0 atom stereocenters. The second-order valence-electron chi connectivity index (χ2n) is 3.66. The highest BCUT2D eigenvalue weighted by Gasteiger charge is 2.03. The third-order valence-electron chi connectivity index (χ3n) is 2.30. The fourth-order valence-corrected chi connectivity index (χ4v) is 2.75.